The van der Waals surface area contributed by atoms with Crippen LogP contribution in [0.3, 0.4) is 0 Å². The van der Waals surface area contributed by atoms with E-state index in [-0.39, 0.29) is 0 Å². The van der Waals surface area contributed by atoms with Gasteiger partial charge in [-0.25, -0.2) is 0 Å². The summed E-state index contributed by atoms with van der Waals surface area (Å²) in [6.45, 7) is 6.30. The maximum atomic E-state index is 4.97. The Hall–Kier alpha value is -1.06. The number of rotatable bonds is 5. The Kier molecular flexibility index (Phi) is 3.57. The summed E-state index contributed by atoms with van der Waals surface area (Å²) >= 11 is 0. The topological polar surface area (TPSA) is 42.2 Å². The van der Waals surface area contributed by atoms with E-state index in [1.165, 1.54) is 0 Å². The van der Waals surface area contributed by atoms with Crippen molar-refractivity contribution in [3.8, 4) is 0 Å². The molecule has 0 unspecified atom stereocenters. The normalized spacial score (nSPS) is 10.2. The van der Waals surface area contributed by atoms with Gasteiger partial charge in [-0.15, -0.1) is 5.10 Å². The van der Waals surface area contributed by atoms with Crippen molar-refractivity contribution in [2.75, 3.05) is 18.0 Å². The van der Waals surface area contributed by atoms with Crippen LogP contribution in [0.4, 0.5) is 5.88 Å². The van der Waals surface area contributed by atoms with E-state index in [0.29, 0.717) is 0 Å². The van der Waals surface area contributed by atoms with Gasteiger partial charge in [0.05, 0.1) is 0 Å². The van der Waals surface area contributed by atoms with E-state index >= 15 is 0 Å². The molecule has 0 aliphatic carbocycles. The third-order valence-electron chi connectivity index (χ3n) is 1.65. The van der Waals surface area contributed by atoms with Crippen molar-refractivity contribution in [2.24, 2.45) is 0 Å². The van der Waals surface area contributed by atoms with E-state index in [0.717, 1.165) is 31.8 Å². The van der Waals surface area contributed by atoms with Crippen molar-refractivity contribution in [3.63, 3.8) is 0 Å². The molecule has 0 spiro atoms. The molecule has 0 bridgehead atoms. The Labute approximate surface area is 72.5 Å². The van der Waals surface area contributed by atoms with E-state index in [4.69, 9.17) is 4.52 Å². The van der Waals surface area contributed by atoms with Crippen molar-refractivity contribution in [2.45, 2.75) is 26.7 Å². The maximum absolute atomic E-state index is 4.97. The standard InChI is InChI=1S/C8H15N3O/c1-3-5-11(6-4-2)8-7-9-10-12-8/h7H,3-6H2,1-2H3. The van der Waals surface area contributed by atoms with Gasteiger partial charge in [0.25, 0.3) is 0 Å². The predicted molar refractivity (Wildman–Crippen MR) is 47.1 cm³/mol. The maximum Gasteiger partial charge on any atom is 0.247 e. The minimum absolute atomic E-state index is 0.777. The number of nitrogens with zero attached hydrogens (tertiary/aromatic N) is 3. The molecule has 68 valence electrons. The molecule has 0 saturated carbocycles. The number of anilines is 1. The Morgan fingerprint density at radius 1 is 1.33 bits per heavy atom. The van der Waals surface area contributed by atoms with Gasteiger partial charge in [-0.05, 0) is 12.8 Å². The van der Waals surface area contributed by atoms with Crippen LogP contribution in [-0.2, 0) is 0 Å². The largest absolute Gasteiger partial charge is 0.339 e. The first-order valence-electron chi connectivity index (χ1n) is 4.40. The molecule has 4 heteroatoms. The van der Waals surface area contributed by atoms with Gasteiger partial charge in [0.15, 0.2) is 0 Å². The third-order valence-corrected chi connectivity index (χ3v) is 1.65. The molecule has 1 aromatic heterocycles. The van der Waals surface area contributed by atoms with Gasteiger partial charge >= 0.3 is 0 Å². The number of aromatic nitrogens is 2. The Morgan fingerprint density at radius 2 is 2.00 bits per heavy atom. The predicted octanol–water partition coefficient (Wildman–Crippen LogP) is 1.70. The number of hydrogen-bond acceptors (Lipinski definition) is 4. The van der Waals surface area contributed by atoms with E-state index in [2.05, 4.69) is 29.1 Å². The fraction of sp³-hybridized carbons (Fsp3) is 0.750. The molecule has 1 heterocycles. The van der Waals surface area contributed by atoms with Crippen LogP contribution in [0.1, 0.15) is 26.7 Å². The van der Waals surface area contributed by atoms with Crippen LogP contribution < -0.4 is 4.90 Å². The van der Waals surface area contributed by atoms with Crippen LogP contribution in [-0.4, -0.2) is 23.5 Å². The molecular weight excluding hydrogens is 154 g/mol. The van der Waals surface area contributed by atoms with Crippen molar-refractivity contribution < 1.29 is 4.52 Å². The number of hydrogen-bond donors (Lipinski definition) is 0. The summed E-state index contributed by atoms with van der Waals surface area (Å²) in [5, 5.41) is 7.09. The monoisotopic (exact) mass is 169 g/mol. The average Bonchev–Trinajstić information content (AvgIpc) is 2.56. The second-order valence-electron chi connectivity index (χ2n) is 2.74. The highest BCUT2D eigenvalue weighted by atomic mass is 16.5. The molecule has 0 aliphatic rings. The van der Waals surface area contributed by atoms with Crippen molar-refractivity contribution >= 4 is 5.88 Å². The van der Waals surface area contributed by atoms with Crippen LogP contribution in [0, 0.1) is 0 Å². The van der Waals surface area contributed by atoms with Gasteiger partial charge in [-0.2, -0.15) is 0 Å². The third kappa shape index (κ3) is 2.22. The van der Waals surface area contributed by atoms with Crippen molar-refractivity contribution in [3.05, 3.63) is 6.20 Å². The summed E-state index contributed by atoms with van der Waals surface area (Å²) in [4.78, 5) is 2.15. The van der Waals surface area contributed by atoms with Crippen LogP contribution in [0.2, 0.25) is 0 Å². The zero-order valence-electron chi connectivity index (χ0n) is 7.66. The minimum atomic E-state index is 0.777. The lowest BCUT2D eigenvalue weighted by molar-refractivity contribution is 0.390. The molecule has 1 aromatic rings. The van der Waals surface area contributed by atoms with E-state index < -0.39 is 0 Å². The lowest BCUT2D eigenvalue weighted by Gasteiger charge is -2.18. The first kappa shape index (κ1) is 9.03. The fourth-order valence-electron chi connectivity index (χ4n) is 1.17. The molecule has 12 heavy (non-hydrogen) atoms. The highest BCUT2D eigenvalue weighted by Gasteiger charge is 2.07. The molecule has 0 atom stereocenters. The smallest absolute Gasteiger partial charge is 0.247 e. The quantitative estimate of drug-likeness (QED) is 0.672. The summed E-state index contributed by atoms with van der Waals surface area (Å²) < 4.78 is 4.97. The van der Waals surface area contributed by atoms with Crippen LogP contribution in [0.25, 0.3) is 0 Å². The summed E-state index contributed by atoms with van der Waals surface area (Å²) in [5.41, 5.74) is 0. The molecule has 0 N–H and O–H groups in total. The van der Waals surface area contributed by atoms with Gasteiger partial charge in [-0.3, -0.25) is 0 Å². The SMILES string of the molecule is CCCN(CCC)c1cnno1. The minimum Gasteiger partial charge on any atom is -0.339 e. The van der Waals surface area contributed by atoms with Gasteiger partial charge < -0.3 is 9.42 Å². The Balaban J connectivity index is 2.53. The Morgan fingerprint density at radius 3 is 2.42 bits per heavy atom. The van der Waals surface area contributed by atoms with Gasteiger partial charge in [0.1, 0.15) is 6.20 Å². The van der Waals surface area contributed by atoms with Crippen molar-refractivity contribution in [1.82, 2.24) is 10.4 Å². The van der Waals surface area contributed by atoms with E-state index in [1.807, 2.05) is 0 Å². The lowest BCUT2D eigenvalue weighted by Crippen LogP contribution is -2.24. The zero-order valence-corrected chi connectivity index (χ0v) is 7.66. The summed E-state index contributed by atoms with van der Waals surface area (Å²) in [6.07, 6.45) is 3.88. The first-order chi connectivity index (χ1) is 5.88. The molecule has 1 rings (SSSR count). The van der Waals surface area contributed by atoms with Crippen LogP contribution >= 0.6 is 0 Å². The molecule has 0 fully saturated rings. The van der Waals surface area contributed by atoms with Crippen LogP contribution in [0.15, 0.2) is 10.7 Å². The van der Waals surface area contributed by atoms with Gasteiger partial charge in [0.2, 0.25) is 5.88 Å². The molecule has 0 aromatic carbocycles. The van der Waals surface area contributed by atoms with Gasteiger partial charge in [-0.1, -0.05) is 13.8 Å². The van der Waals surface area contributed by atoms with Gasteiger partial charge in [0, 0.05) is 18.4 Å². The van der Waals surface area contributed by atoms with Crippen molar-refractivity contribution in [1.29, 1.82) is 0 Å². The van der Waals surface area contributed by atoms with E-state index in [1.54, 1.807) is 6.20 Å². The molecule has 0 radical (unpaired) electrons. The molecule has 0 saturated heterocycles. The fourth-order valence-corrected chi connectivity index (χ4v) is 1.17. The second-order valence-corrected chi connectivity index (χ2v) is 2.74. The first-order valence-corrected chi connectivity index (χ1v) is 4.40. The van der Waals surface area contributed by atoms with E-state index in [9.17, 15) is 0 Å². The van der Waals surface area contributed by atoms with Crippen LogP contribution in [0.5, 0.6) is 0 Å². The molecule has 0 aliphatic heterocycles. The summed E-state index contributed by atoms with van der Waals surface area (Å²) in [6, 6.07) is 0. The lowest BCUT2D eigenvalue weighted by atomic mass is 10.3. The highest BCUT2D eigenvalue weighted by molar-refractivity contribution is 5.29. The molecule has 4 nitrogen and oxygen atoms in total. The average molecular weight is 169 g/mol. The highest BCUT2D eigenvalue weighted by Crippen LogP contribution is 2.11. The zero-order chi connectivity index (χ0) is 8.81. The summed E-state index contributed by atoms with van der Waals surface area (Å²) in [7, 11) is 0. The second kappa shape index (κ2) is 4.74. The molecule has 0 amide bonds. The Bertz CT molecular complexity index is 192. The summed E-state index contributed by atoms with van der Waals surface area (Å²) in [5.74, 6) is 0.777. The molecular formula is C8H15N3O.